The molecule has 1 aromatic heterocycles. The molecular weight excluding hydrogens is 601 g/mol. The van der Waals surface area contributed by atoms with E-state index in [1.54, 1.807) is 24.4 Å². The number of nitrogens with zero attached hydrogens (tertiary/aromatic N) is 3. The summed E-state index contributed by atoms with van der Waals surface area (Å²) in [5.41, 5.74) is 1.26. The normalized spacial score (nSPS) is 15.7. The highest BCUT2D eigenvalue weighted by Gasteiger charge is 2.22. The van der Waals surface area contributed by atoms with E-state index >= 15 is 0 Å². The topological polar surface area (TPSA) is 93.8 Å². The Morgan fingerprint density at radius 3 is 2.73 bits per heavy atom. The molecule has 0 bridgehead atoms. The minimum Gasteiger partial charge on any atom is -0.479 e. The van der Waals surface area contributed by atoms with E-state index in [1.165, 1.54) is 18.0 Å². The first-order valence-corrected chi connectivity index (χ1v) is 12.7. The van der Waals surface area contributed by atoms with Crippen LogP contribution in [0.1, 0.15) is 56.3 Å². The fourth-order valence-electron chi connectivity index (χ4n) is 3.96. The third kappa shape index (κ3) is 5.46. The molecule has 7 nitrogen and oxygen atoms in total. The molecule has 1 fully saturated rings. The number of hydrogen-bond donors (Lipinski definition) is 1. The van der Waals surface area contributed by atoms with Gasteiger partial charge in [0.2, 0.25) is 0 Å². The molecule has 1 atom stereocenters. The molecule has 33 heavy (non-hydrogen) atoms. The first-order chi connectivity index (χ1) is 15.8. The van der Waals surface area contributed by atoms with Crippen LogP contribution in [0.3, 0.4) is 0 Å². The van der Waals surface area contributed by atoms with Crippen LogP contribution in [-0.4, -0.2) is 33.1 Å². The molecule has 0 spiro atoms. The Balaban J connectivity index is 1.72. The van der Waals surface area contributed by atoms with Gasteiger partial charge in [-0.25, -0.2) is 9.78 Å². The molecule has 1 aliphatic carbocycles. The Hall–Kier alpha value is -2.27. The van der Waals surface area contributed by atoms with Crippen molar-refractivity contribution >= 4 is 61.6 Å². The van der Waals surface area contributed by atoms with Gasteiger partial charge >= 0.3 is 5.97 Å². The summed E-state index contributed by atoms with van der Waals surface area (Å²) in [6.07, 6.45) is 6.13. The van der Waals surface area contributed by atoms with Crippen molar-refractivity contribution in [3.05, 3.63) is 66.2 Å². The van der Waals surface area contributed by atoms with Crippen LogP contribution < -0.4 is 10.3 Å². The Kier molecular flexibility index (Phi) is 7.48. The number of aromatic nitrogens is 2. The second-order valence-corrected chi connectivity index (χ2v) is 10.2. The van der Waals surface area contributed by atoms with E-state index in [0.717, 1.165) is 39.3 Å². The van der Waals surface area contributed by atoms with Crippen LogP contribution in [0, 0.1) is 3.57 Å². The van der Waals surface area contributed by atoms with E-state index in [9.17, 15) is 9.59 Å². The Labute approximate surface area is 213 Å². The lowest BCUT2D eigenvalue weighted by atomic mass is 9.88. The number of halogens is 2. The highest BCUT2D eigenvalue weighted by atomic mass is 127. The van der Waals surface area contributed by atoms with Crippen LogP contribution in [0.15, 0.2) is 50.8 Å². The molecule has 1 heterocycles. The molecule has 3 aromatic rings. The number of carboxylic acids is 1. The summed E-state index contributed by atoms with van der Waals surface area (Å²) in [5.74, 6) is 0.363. The van der Waals surface area contributed by atoms with Gasteiger partial charge in [-0.1, -0.05) is 35.2 Å². The maximum absolute atomic E-state index is 13.4. The maximum atomic E-state index is 13.4. The van der Waals surface area contributed by atoms with E-state index in [0.29, 0.717) is 22.5 Å². The number of carboxylic acid groups (broad SMARTS) is 1. The minimum atomic E-state index is -1.03. The predicted molar refractivity (Wildman–Crippen MR) is 139 cm³/mol. The van der Waals surface area contributed by atoms with Crippen molar-refractivity contribution in [3.63, 3.8) is 0 Å². The standard InChI is InChI=1S/C24H23BrIN3O4/c1-14(24(31)32)33-21-10-7-15(11-19(21)26)13-27-29-22(16-5-3-2-4-6-16)28-20-9-8-17(25)12-18(20)23(29)30/h7-14,16H,2-6H2,1H3,(H,31,32)/t14-/m1/s1. The summed E-state index contributed by atoms with van der Waals surface area (Å²) in [6, 6.07) is 10.9. The van der Waals surface area contributed by atoms with Crippen LogP contribution in [0.5, 0.6) is 5.75 Å². The summed E-state index contributed by atoms with van der Waals surface area (Å²) in [5, 5.41) is 14.1. The van der Waals surface area contributed by atoms with E-state index in [2.05, 4.69) is 43.6 Å². The average molecular weight is 624 g/mol. The second-order valence-electron chi connectivity index (χ2n) is 8.12. The summed E-state index contributed by atoms with van der Waals surface area (Å²) in [7, 11) is 0. The van der Waals surface area contributed by atoms with Crippen molar-refractivity contribution in [2.24, 2.45) is 5.10 Å². The monoisotopic (exact) mass is 623 g/mol. The molecule has 1 saturated carbocycles. The third-order valence-electron chi connectivity index (χ3n) is 5.73. The zero-order chi connectivity index (χ0) is 23.5. The van der Waals surface area contributed by atoms with Crippen molar-refractivity contribution in [2.75, 3.05) is 0 Å². The molecule has 0 saturated heterocycles. The van der Waals surface area contributed by atoms with Gasteiger partial charge in [-0.2, -0.15) is 9.78 Å². The Bertz CT molecular complexity index is 1280. The van der Waals surface area contributed by atoms with Gasteiger partial charge in [-0.3, -0.25) is 4.79 Å². The van der Waals surface area contributed by atoms with Gasteiger partial charge in [-0.05, 0) is 84.3 Å². The van der Waals surface area contributed by atoms with Crippen LogP contribution in [0.25, 0.3) is 10.9 Å². The molecule has 172 valence electrons. The van der Waals surface area contributed by atoms with Crippen molar-refractivity contribution in [2.45, 2.75) is 51.0 Å². The lowest BCUT2D eigenvalue weighted by Crippen LogP contribution is -2.25. The smallest absolute Gasteiger partial charge is 0.344 e. The molecule has 4 rings (SSSR count). The molecule has 0 amide bonds. The lowest BCUT2D eigenvalue weighted by Gasteiger charge is -2.22. The zero-order valence-corrected chi connectivity index (χ0v) is 21.7. The molecule has 0 unspecified atom stereocenters. The molecule has 9 heteroatoms. The van der Waals surface area contributed by atoms with Gasteiger partial charge in [0.15, 0.2) is 6.10 Å². The number of hydrogen-bond acceptors (Lipinski definition) is 5. The van der Waals surface area contributed by atoms with Gasteiger partial charge in [0.05, 0.1) is 20.7 Å². The number of benzene rings is 2. The van der Waals surface area contributed by atoms with Crippen LogP contribution in [-0.2, 0) is 4.79 Å². The predicted octanol–water partition coefficient (Wildman–Crippen LogP) is 5.55. The zero-order valence-electron chi connectivity index (χ0n) is 18.0. The Morgan fingerprint density at radius 1 is 1.27 bits per heavy atom. The summed E-state index contributed by atoms with van der Waals surface area (Å²) in [6.45, 7) is 1.48. The van der Waals surface area contributed by atoms with E-state index < -0.39 is 12.1 Å². The summed E-state index contributed by atoms with van der Waals surface area (Å²) in [4.78, 5) is 29.3. The number of fused-ring (bicyclic) bond motifs is 1. The molecule has 1 N–H and O–H groups in total. The minimum absolute atomic E-state index is 0.192. The largest absolute Gasteiger partial charge is 0.479 e. The third-order valence-corrected chi connectivity index (χ3v) is 7.07. The van der Waals surface area contributed by atoms with Gasteiger partial charge in [0.25, 0.3) is 5.56 Å². The van der Waals surface area contributed by atoms with E-state index in [1.807, 2.05) is 18.2 Å². The van der Waals surface area contributed by atoms with Crippen LogP contribution in [0.2, 0.25) is 0 Å². The number of rotatable bonds is 6. The number of ether oxygens (including phenoxy) is 1. The number of aliphatic carboxylic acids is 1. The molecule has 0 radical (unpaired) electrons. The van der Waals surface area contributed by atoms with Gasteiger partial charge in [0.1, 0.15) is 11.6 Å². The number of carbonyl (C=O) groups is 1. The van der Waals surface area contributed by atoms with Crippen molar-refractivity contribution in [1.82, 2.24) is 9.66 Å². The first kappa shape index (κ1) is 23.9. The first-order valence-electron chi connectivity index (χ1n) is 10.8. The van der Waals surface area contributed by atoms with E-state index in [4.69, 9.17) is 14.8 Å². The SMILES string of the molecule is C[C@@H](Oc1ccc(C=Nn2c(C3CCCCC3)nc3ccc(Br)cc3c2=O)cc1I)C(=O)O. The lowest BCUT2D eigenvalue weighted by molar-refractivity contribution is -0.144. The molecule has 2 aromatic carbocycles. The highest BCUT2D eigenvalue weighted by molar-refractivity contribution is 14.1. The highest BCUT2D eigenvalue weighted by Crippen LogP contribution is 2.32. The van der Waals surface area contributed by atoms with Crippen molar-refractivity contribution in [1.29, 1.82) is 0 Å². The second kappa shape index (κ2) is 10.3. The molecule has 0 aliphatic heterocycles. The quantitative estimate of drug-likeness (QED) is 0.287. The van der Waals surface area contributed by atoms with Gasteiger partial charge in [0, 0.05) is 10.4 Å². The average Bonchev–Trinajstić information content (AvgIpc) is 2.80. The maximum Gasteiger partial charge on any atom is 0.344 e. The van der Waals surface area contributed by atoms with Crippen LogP contribution in [0.4, 0.5) is 0 Å². The fraction of sp³-hybridized carbons (Fsp3) is 0.333. The van der Waals surface area contributed by atoms with Gasteiger partial charge < -0.3 is 9.84 Å². The Morgan fingerprint density at radius 2 is 2.03 bits per heavy atom. The van der Waals surface area contributed by atoms with Crippen molar-refractivity contribution < 1.29 is 14.6 Å². The molecule has 1 aliphatic rings. The summed E-state index contributed by atoms with van der Waals surface area (Å²) < 4.78 is 8.49. The van der Waals surface area contributed by atoms with Gasteiger partial charge in [-0.15, -0.1) is 0 Å². The molecular formula is C24H23BrIN3O4. The fourth-order valence-corrected chi connectivity index (χ4v) is 4.99. The summed E-state index contributed by atoms with van der Waals surface area (Å²) >= 11 is 5.53. The van der Waals surface area contributed by atoms with E-state index in [-0.39, 0.29) is 11.5 Å². The van der Waals surface area contributed by atoms with Crippen LogP contribution >= 0.6 is 38.5 Å². The van der Waals surface area contributed by atoms with Crippen molar-refractivity contribution in [3.8, 4) is 5.75 Å².